The fourth-order valence-corrected chi connectivity index (χ4v) is 7.38. The second kappa shape index (κ2) is 9.62. The molecule has 6 nitrogen and oxygen atoms in total. The molecule has 1 aromatic carbocycles. The van der Waals surface area contributed by atoms with Crippen LogP contribution in [-0.2, 0) is 26.7 Å². The molecule has 1 amide bonds. The SMILES string of the molecule is Cc1cc(C(C)(C)C)cc(C)c1CCS(=O)(=O)N1CCC2(CC1)N=C(C1CCC(C)CC1)NC2=O. The molecule has 2 fully saturated rings. The third-order valence-electron chi connectivity index (χ3n) is 8.52. The number of rotatable bonds is 5. The summed E-state index contributed by atoms with van der Waals surface area (Å²) in [6.07, 6.45) is 5.94. The van der Waals surface area contributed by atoms with Gasteiger partial charge in [0.2, 0.25) is 10.0 Å². The fraction of sp³-hybridized carbons (Fsp3) is 0.714. The second-order valence-corrected chi connectivity index (χ2v) is 14.3. The molecular formula is C28H43N3O3S. The number of carbonyl (C=O) groups is 1. The van der Waals surface area contributed by atoms with Gasteiger partial charge in [-0.25, -0.2) is 12.7 Å². The number of carbonyl (C=O) groups excluding carboxylic acids is 1. The number of sulfonamides is 1. The van der Waals surface area contributed by atoms with Crippen molar-refractivity contribution in [3.8, 4) is 0 Å². The Hall–Kier alpha value is -1.73. The topological polar surface area (TPSA) is 78.8 Å². The number of nitrogens with zero attached hydrogens (tertiary/aromatic N) is 2. The molecule has 194 valence electrons. The minimum absolute atomic E-state index is 0.0339. The lowest BCUT2D eigenvalue weighted by Gasteiger charge is -2.35. The first-order valence-corrected chi connectivity index (χ1v) is 14.9. The summed E-state index contributed by atoms with van der Waals surface area (Å²) in [7, 11) is -3.40. The first kappa shape index (κ1) is 26.3. The van der Waals surface area contributed by atoms with E-state index in [-0.39, 0.29) is 17.1 Å². The summed E-state index contributed by atoms with van der Waals surface area (Å²) >= 11 is 0. The Labute approximate surface area is 212 Å². The lowest BCUT2D eigenvalue weighted by molar-refractivity contribution is -0.125. The van der Waals surface area contributed by atoms with Gasteiger partial charge in [0.25, 0.3) is 5.91 Å². The fourth-order valence-electron chi connectivity index (χ4n) is 5.92. The predicted molar refractivity (Wildman–Crippen MR) is 142 cm³/mol. The third-order valence-corrected chi connectivity index (χ3v) is 10.4. The van der Waals surface area contributed by atoms with Crippen LogP contribution in [0.25, 0.3) is 0 Å². The van der Waals surface area contributed by atoms with Crippen molar-refractivity contribution in [3.05, 3.63) is 34.4 Å². The molecule has 1 spiro atoms. The Balaban J connectivity index is 1.39. The zero-order valence-corrected chi connectivity index (χ0v) is 23.2. The van der Waals surface area contributed by atoms with E-state index < -0.39 is 15.6 Å². The van der Waals surface area contributed by atoms with E-state index in [9.17, 15) is 13.2 Å². The highest BCUT2D eigenvalue weighted by Gasteiger charge is 2.48. The molecule has 4 rings (SSSR count). The molecule has 7 heteroatoms. The summed E-state index contributed by atoms with van der Waals surface area (Å²) in [6.45, 7) is 13.7. The van der Waals surface area contributed by atoms with E-state index >= 15 is 0 Å². The summed E-state index contributed by atoms with van der Waals surface area (Å²) in [4.78, 5) is 17.8. The van der Waals surface area contributed by atoms with E-state index in [0.29, 0.717) is 38.3 Å². The van der Waals surface area contributed by atoms with Gasteiger partial charge in [-0.1, -0.05) is 52.7 Å². The van der Waals surface area contributed by atoms with Crippen LogP contribution in [0.1, 0.15) is 88.5 Å². The average Bonchev–Trinajstić information content (AvgIpc) is 3.08. The predicted octanol–water partition coefficient (Wildman–Crippen LogP) is 4.66. The third kappa shape index (κ3) is 5.51. The van der Waals surface area contributed by atoms with Gasteiger partial charge >= 0.3 is 0 Å². The van der Waals surface area contributed by atoms with E-state index in [1.807, 2.05) is 0 Å². The molecule has 0 bridgehead atoms. The first-order chi connectivity index (χ1) is 16.3. The van der Waals surface area contributed by atoms with E-state index in [4.69, 9.17) is 4.99 Å². The van der Waals surface area contributed by atoms with Gasteiger partial charge in [0.15, 0.2) is 0 Å². The smallest absolute Gasteiger partial charge is 0.253 e. The van der Waals surface area contributed by atoms with Crippen molar-refractivity contribution in [3.63, 3.8) is 0 Å². The summed E-state index contributed by atoms with van der Waals surface area (Å²) in [5.74, 6) is 2.00. The standard InChI is InChI=1S/C28H43N3O3S/c1-19-7-9-22(10-8-19)25-29-26(32)28(30-25)12-14-31(15-13-28)35(33,34)16-11-24-20(2)17-23(18-21(24)3)27(4,5)6/h17-19,22H,7-16H2,1-6H3,(H,29,30,32). The van der Waals surface area contributed by atoms with Gasteiger partial charge < -0.3 is 5.32 Å². The van der Waals surface area contributed by atoms with Crippen molar-refractivity contribution >= 4 is 21.8 Å². The molecule has 0 aromatic heterocycles. The van der Waals surface area contributed by atoms with Crippen molar-refractivity contribution < 1.29 is 13.2 Å². The Bertz CT molecular complexity index is 1080. The van der Waals surface area contributed by atoms with Crippen LogP contribution in [-0.4, -0.2) is 48.8 Å². The molecule has 1 saturated heterocycles. The molecule has 0 unspecified atom stereocenters. The highest BCUT2D eigenvalue weighted by atomic mass is 32.2. The highest BCUT2D eigenvalue weighted by Crippen LogP contribution is 2.36. The van der Waals surface area contributed by atoms with Gasteiger partial charge in [-0.2, -0.15) is 0 Å². The molecule has 1 saturated carbocycles. The monoisotopic (exact) mass is 501 g/mol. The maximum absolute atomic E-state index is 13.2. The van der Waals surface area contributed by atoms with Gasteiger partial charge in [0.1, 0.15) is 11.4 Å². The Kier molecular flexibility index (Phi) is 7.24. The van der Waals surface area contributed by atoms with Gasteiger partial charge in [-0.3, -0.25) is 9.79 Å². The summed E-state index contributed by atoms with van der Waals surface area (Å²) in [5, 5.41) is 3.07. The number of hydrogen-bond donors (Lipinski definition) is 1. The molecule has 1 aromatic rings. The number of piperidine rings is 1. The van der Waals surface area contributed by atoms with Gasteiger partial charge in [-0.05, 0) is 79.5 Å². The lowest BCUT2D eigenvalue weighted by atomic mass is 9.82. The van der Waals surface area contributed by atoms with Crippen LogP contribution in [0, 0.1) is 25.7 Å². The molecule has 0 radical (unpaired) electrons. The van der Waals surface area contributed by atoms with Crippen molar-refractivity contribution in [2.24, 2.45) is 16.8 Å². The second-order valence-electron chi connectivity index (χ2n) is 12.2. The van der Waals surface area contributed by atoms with Gasteiger partial charge in [-0.15, -0.1) is 0 Å². The molecule has 35 heavy (non-hydrogen) atoms. The van der Waals surface area contributed by atoms with Crippen LogP contribution in [0.4, 0.5) is 0 Å². The number of aryl methyl sites for hydroxylation is 2. The van der Waals surface area contributed by atoms with Crippen LogP contribution >= 0.6 is 0 Å². The maximum atomic E-state index is 13.2. The summed E-state index contributed by atoms with van der Waals surface area (Å²) < 4.78 is 28.0. The van der Waals surface area contributed by atoms with Crippen LogP contribution in [0.2, 0.25) is 0 Å². The number of amidine groups is 1. The molecule has 3 aliphatic rings. The molecule has 2 aliphatic heterocycles. The Morgan fingerprint density at radius 3 is 2.17 bits per heavy atom. The number of nitrogens with one attached hydrogen (secondary N) is 1. The van der Waals surface area contributed by atoms with Crippen molar-refractivity contribution in [2.75, 3.05) is 18.8 Å². The summed E-state index contributed by atoms with van der Waals surface area (Å²) in [5.41, 5.74) is 4.00. The highest BCUT2D eigenvalue weighted by molar-refractivity contribution is 7.89. The van der Waals surface area contributed by atoms with Crippen LogP contribution in [0.3, 0.4) is 0 Å². The van der Waals surface area contributed by atoms with Gasteiger partial charge in [0.05, 0.1) is 5.75 Å². The normalized spacial score (nSPS) is 25.5. The average molecular weight is 502 g/mol. The van der Waals surface area contributed by atoms with Crippen LogP contribution < -0.4 is 5.32 Å². The van der Waals surface area contributed by atoms with Crippen molar-refractivity contribution in [1.29, 1.82) is 0 Å². The van der Waals surface area contributed by atoms with E-state index in [2.05, 4.69) is 59.0 Å². The van der Waals surface area contributed by atoms with Crippen molar-refractivity contribution in [2.45, 2.75) is 97.4 Å². The number of benzene rings is 1. The van der Waals surface area contributed by atoms with E-state index in [1.54, 1.807) is 4.31 Å². The van der Waals surface area contributed by atoms with E-state index in [0.717, 1.165) is 41.3 Å². The molecule has 1 N–H and O–H groups in total. The zero-order valence-electron chi connectivity index (χ0n) is 22.4. The number of aliphatic imine (C=N–C) groups is 1. The lowest BCUT2D eigenvalue weighted by Crippen LogP contribution is -2.51. The molecule has 2 heterocycles. The molecular weight excluding hydrogens is 458 g/mol. The number of amides is 1. The molecule has 0 atom stereocenters. The zero-order chi connectivity index (χ0) is 25.6. The number of hydrogen-bond acceptors (Lipinski definition) is 4. The van der Waals surface area contributed by atoms with Crippen LogP contribution in [0.15, 0.2) is 17.1 Å². The van der Waals surface area contributed by atoms with Crippen LogP contribution in [0.5, 0.6) is 0 Å². The summed E-state index contributed by atoms with van der Waals surface area (Å²) in [6, 6.07) is 4.39. The Morgan fingerprint density at radius 2 is 1.63 bits per heavy atom. The largest absolute Gasteiger partial charge is 0.312 e. The molecule has 1 aliphatic carbocycles. The maximum Gasteiger partial charge on any atom is 0.253 e. The van der Waals surface area contributed by atoms with E-state index in [1.165, 1.54) is 18.4 Å². The van der Waals surface area contributed by atoms with Gasteiger partial charge in [0, 0.05) is 19.0 Å². The Morgan fingerprint density at radius 1 is 1.06 bits per heavy atom. The van der Waals surface area contributed by atoms with Crippen molar-refractivity contribution in [1.82, 2.24) is 9.62 Å². The minimum Gasteiger partial charge on any atom is -0.312 e. The quantitative estimate of drug-likeness (QED) is 0.637. The first-order valence-electron chi connectivity index (χ1n) is 13.3. The minimum atomic E-state index is -3.40.